The lowest BCUT2D eigenvalue weighted by Crippen LogP contribution is -2.36. The minimum absolute atomic E-state index is 0.0626. The number of amides is 2. The highest BCUT2D eigenvalue weighted by Gasteiger charge is 2.35. The first-order valence-corrected chi connectivity index (χ1v) is 7.27. The Labute approximate surface area is 124 Å². The van der Waals surface area contributed by atoms with E-state index in [-0.39, 0.29) is 23.1 Å². The number of hydrogen-bond donors (Lipinski definition) is 2. The third-order valence-corrected chi connectivity index (χ3v) is 3.42. The third-order valence-electron chi connectivity index (χ3n) is 2.54. The van der Waals surface area contributed by atoms with E-state index in [1.165, 1.54) is 4.90 Å². The number of nitrogens with zero attached hydrogens (tertiary/aromatic N) is 3. The maximum Gasteiger partial charge on any atom is 0.445 e. The van der Waals surface area contributed by atoms with E-state index in [4.69, 9.17) is 5.11 Å². The summed E-state index contributed by atoms with van der Waals surface area (Å²) in [5.74, 6) is 0. The van der Waals surface area contributed by atoms with Crippen molar-refractivity contribution in [2.45, 2.75) is 32.4 Å². The second-order valence-electron chi connectivity index (χ2n) is 4.26. The van der Waals surface area contributed by atoms with Gasteiger partial charge in [-0.3, -0.25) is 5.32 Å². The van der Waals surface area contributed by atoms with Crippen molar-refractivity contribution in [3.8, 4) is 0 Å². The molecule has 0 radical (unpaired) electrons. The zero-order valence-corrected chi connectivity index (χ0v) is 12.3. The Kier molecular flexibility index (Phi) is 6.82. The van der Waals surface area contributed by atoms with Crippen LogP contribution in [0.1, 0.15) is 31.2 Å². The minimum Gasteiger partial charge on any atom is -0.396 e. The van der Waals surface area contributed by atoms with E-state index in [2.05, 4.69) is 15.5 Å². The summed E-state index contributed by atoms with van der Waals surface area (Å²) in [4.78, 5) is 13.4. The number of alkyl halides is 3. The fourth-order valence-corrected chi connectivity index (χ4v) is 2.08. The molecule has 0 fully saturated rings. The van der Waals surface area contributed by atoms with Crippen LogP contribution in [-0.4, -0.2) is 45.9 Å². The Morgan fingerprint density at radius 3 is 2.52 bits per heavy atom. The molecule has 0 aliphatic heterocycles. The van der Waals surface area contributed by atoms with Gasteiger partial charge in [-0.25, -0.2) is 4.79 Å². The van der Waals surface area contributed by atoms with Crippen molar-refractivity contribution in [1.82, 2.24) is 15.1 Å². The summed E-state index contributed by atoms with van der Waals surface area (Å²) >= 11 is 0.278. The summed E-state index contributed by atoms with van der Waals surface area (Å²) < 4.78 is 37.2. The molecule has 2 N–H and O–H groups in total. The summed E-state index contributed by atoms with van der Waals surface area (Å²) in [5.41, 5.74) is 0. The van der Waals surface area contributed by atoms with Gasteiger partial charge in [0.2, 0.25) is 10.1 Å². The van der Waals surface area contributed by atoms with Crippen molar-refractivity contribution in [3.63, 3.8) is 0 Å². The predicted molar refractivity (Wildman–Crippen MR) is 72.1 cm³/mol. The SMILES string of the molecule is CCCCN(CCCO)C(=O)Nc1nnc(C(F)(F)F)s1. The number of rotatable bonds is 7. The van der Waals surface area contributed by atoms with Gasteiger partial charge in [0.25, 0.3) is 0 Å². The van der Waals surface area contributed by atoms with E-state index in [0.717, 1.165) is 12.8 Å². The maximum absolute atomic E-state index is 12.4. The van der Waals surface area contributed by atoms with E-state index in [0.29, 0.717) is 19.5 Å². The van der Waals surface area contributed by atoms with E-state index < -0.39 is 17.2 Å². The molecule has 0 aliphatic rings. The lowest BCUT2D eigenvalue weighted by Gasteiger charge is -2.21. The summed E-state index contributed by atoms with van der Waals surface area (Å²) in [6.45, 7) is 2.69. The number of anilines is 1. The van der Waals surface area contributed by atoms with E-state index in [1.807, 2.05) is 6.92 Å². The molecular weight excluding hydrogens is 309 g/mol. The summed E-state index contributed by atoms with van der Waals surface area (Å²) in [6, 6.07) is -0.540. The highest BCUT2D eigenvalue weighted by molar-refractivity contribution is 7.15. The normalized spacial score (nSPS) is 11.5. The van der Waals surface area contributed by atoms with Crippen molar-refractivity contribution in [2.24, 2.45) is 0 Å². The molecule has 1 aromatic rings. The van der Waals surface area contributed by atoms with Gasteiger partial charge in [0.1, 0.15) is 0 Å². The van der Waals surface area contributed by atoms with Gasteiger partial charge >= 0.3 is 12.2 Å². The molecule has 0 unspecified atom stereocenters. The van der Waals surface area contributed by atoms with Gasteiger partial charge < -0.3 is 10.0 Å². The number of urea groups is 1. The Balaban J connectivity index is 2.65. The topological polar surface area (TPSA) is 78.4 Å². The zero-order valence-electron chi connectivity index (χ0n) is 11.5. The molecular formula is C11H17F3N4O2S. The molecule has 0 bridgehead atoms. The molecule has 2 amide bonds. The predicted octanol–water partition coefficient (Wildman–Crippen LogP) is 2.57. The second-order valence-corrected chi connectivity index (χ2v) is 5.24. The van der Waals surface area contributed by atoms with E-state index in [1.54, 1.807) is 0 Å². The summed E-state index contributed by atoms with van der Waals surface area (Å²) in [6.07, 6.45) is -2.52. The number of aliphatic hydroxyl groups excluding tert-OH is 1. The number of unbranched alkanes of at least 4 members (excludes halogenated alkanes) is 1. The first-order valence-electron chi connectivity index (χ1n) is 6.46. The van der Waals surface area contributed by atoms with Crippen LogP contribution in [0, 0.1) is 0 Å². The van der Waals surface area contributed by atoms with Gasteiger partial charge in [0.05, 0.1) is 0 Å². The molecule has 0 atom stereocenters. The Morgan fingerprint density at radius 1 is 1.33 bits per heavy atom. The molecule has 0 saturated heterocycles. The molecule has 10 heteroatoms. The summed E-state index contributed by atoms with van der Waals surface area (Å²) in [5, 5.41) is 16.1. The molecule has 0 saturated carbocycles. The minimum atomic E-state index is -4.57. The first kappa shape index (κ1) is 17.6. The van der Waals surface area contributed by atoms with Crippen LogP contribution in [0.4, 0.5) is 23.1 Å². The molecule has 0 aromatic carbocycles. The van der Waals surface area contributed by atoms with Crippen LogP contribution in [0.3, 0.4) is 0 Å². The maximum atomic E-state index is 12.4. The lowest BCUT2D eigenvalue weighted by molar-refractivity contribution is -0.138. The van der Waals surface area contributed by atoms with E-state index in [9.17, 15) is 18.0 Å². The Morgan fingerprint density at radius 2 is 2.00 bits per heavy atom. The monoisotopic (exact) mass is 326 g/mol. The van der Waals surface area contributed by atoms with Crippen LogP contribution in [0.25, 0.3) is 0 Å². The van der Waals surface area contributed by atoms with Gasteiger partial charge in [-0.05, 0) is 12.8 Å². The highest BCUT2D eigenvalue weighted by Crippen LogP contribution is 2.33. The largest absolute Gasteiger partial charge is 0.445 e. The quantitative estimate of drug-likeness (QED) is 0.807. The van der Waals surface area contributed by atoms with Gasteiger partial charge in [-0.2, -0.15) is 13.2 Å². The molecule has 1 aromatic heterocycles. The van der Waals surface area contributed by atoms with Crippen LogP contribution in [0.15, 0.2) is 0 Å². The van der Waals surface area contributed by atoms with Gasteiger partial charge in [-0.1, -0.05) is 24.7 Å². The molecule has 21 heavy (non-hydrogen) atoms. The van der Waals surface area contributed by atoms with Crippen LogP contribution >= 0.6 is 11.3 Å². The molecule has 1 heterocycles. The lowest BCUT2D eigenvalue weighted by atomic mass is 10.3. The zero-order chi connectivity index (χ0) is 15.9. The number of halogens is 3. The number of carbonyl (C=O) groups is 1. The number of nitrogens with one attached hydrogen (secondary N) is 1. The average Bonchev–Trinajstić information content (AvgIpc) is 2.87. The van der Waals surface area contributed by atoms with Crippen LogP contribution in [-0.2, 0) is 6.18 Å². The first-order chi connectivity index (χ1) is 9.88. The Hall–Kier alpha value is -1.42. The van der Waals surface area contributed by atoms with Crippen molar-refractivity contribution in [3.05, 3.63) is 5.01 Å². The van der Waals surface area contributed by atoms with Crippen LogP contribution in [0.5, 0.6) is 0 Å². The molecule has 1 rings (SSSR count). The van der Waals surface area contributed by atoms with Crippen molar-refractivity contribution in [2.75, 3.05) is 25.0 Å². The van der Waals surface area contributed by atoms with Crippen molar-refractivity contribution < 1.29 is 23.1 Å². The number of carbonyl (C=O) groups excluding carboxylic acids is 1. The molecule has 0 spiro atoms. The smallest absolute Gasteiger partial charge is 0.396 e. The fraction of sp³-hybridized carbons (Fsp3) is 0.727. The number of aliphatic hydroxyl groups is 1. The molecule has 6 nitrogen and oxygen atoms in total. The van der Waals surface area contributed by atoms with Gasteiger partial charge in [0.15, 0.2) is 0 Å². The number of hydrogen-bond acceptors (Lipinski definition) is 5. The average molecular weight is 326 g/mol. The third kappa shape index (κ3) is 5.84. The second kappa shape index (κ2) is 8.13. The van der Waals surface area contributed by atoms with Crippen molar-refractivity contribution in [1.29, 1.82) is 0 Å². The number of aromatic nitrogens is 2. The standard InChI is InChI=1S/C11H17F3N4O2S/c1-2-3-5-18(6-4-7-19)10(20)15-9-17-16-8(21-9)11(12,13)14/h19H,2-7H2,1H3,(H,15,17,20). The van der Waals surface area contributed by atoms with Gasteiger partial charge in [-0.15, -0.1) is 10.2 Å². The molecule has 120 valence electrons. The fourth-order valence-electron chi connectivity index (χ4n) is 1.48. The van der Waals surface area contributed by atoms with Crippen molar-refractivity contribution >= 4 is 22.5 Å². The Bertz CT molecular complexity index is 445. The highest BCUT2D eigenvalue weighted by atomic mass is 32.1. The van der Waals surface area contributed by atoms with E-state index >= 15 is 0 Å². The molecule has 0 aliphatic carbocycles. The van der Waals surface area contributed by atoms with Gasteiger partial charge in [0, 0.05) is 19.7 Å². The van der Waals surface area contributed by atoms with Crippen LogP contribution in [0.2, 0.25) is 0 Å². The summed E-state index contributed by atoms with van der Waals surface area (Å²) in [7, 11) is 0. The van der Waals surface area contributed by atoms with Crippen LogP contribution < -0.4 is 5.32 Å².